The Morgan fingerprint density at radius 2 is 1.81 bits per heavy atom. The van der Waals surface area contributed by atoms with Gasteiger partial charge in [-0.05, 0) is 62.6 Å². The Hall–Kier alpha value is -4.25. The molecule has 0 atom stereocenters. The van der Waals surface area contributed by atoms with Gasteiger partial charge in [0.05, 0.1) is 11.9 Å². The average Bonchev–Trinajstić information content (AvgIpc) is 3.30. The van der Waals surface area contributed by atoms with E-state index in [-0.39, 0.29) is 22.3 Å². The van der Waals surface area contributed by atoms with E-state index in [9.17, 15) is 13.2 Å². The van der Waals surface area contributed by atoms with E-state index in [0.717, 1.165) is 35.2 Å². The first kappa shape index (κ1) is 25.8. The monoisotopic (exact) mass is 520 g/mol. The Labute approximate surface area is 215 Å². The number of anilines is 1. The standard InChI is InChI=1S/C26H28N6O4S/c1-5-11-32-15-19(14-28-32)21-10-9-20(25(33)31-37(34,35)23-8-6-7-22(27)30-23)26(29-21)36-24-17(3)12-16(2)13-18(24)4/h6-10,12-15H,5,11H2,1-4H3,(H2,27,30)(H,31,33). The molecule has 0 aliphatic heterocycles. The highest BCUT2D eigenvalue weighted by Crippen LogP contribution is 2.32. The van der Waals surface area contributed by atoms with E-state index in [4.69, 9.17) is 10.5 Å². The van der Waals surface area contributed by atoms with Crippen LogP contribution in [-0.4, -0.2) is 34.1 Å². The number of nitrogens with one attached hydrogen (secondary N) is 1. The Kier molecular flexibility index (Phi) is 7.25. The van der Waals surface area contributed by atoms with Crippen LogP contribution in [0.2, 0.25) is 0 Å². The van der Waals surface area contributed by atoms with Gasteiger partial charge in [0.1, 0.15) is 17.1 Å². The van der Waals surface area contributed by atoms with Gasteiger partial charge in [0.25, 0.3) is 15.9 Å². The largest absolute Gasteiger partial charge is 0.438 e. The van der Waals surface area contributed by atoms with Crippen LogP contribution in [0.5, 0.6) is 11.6 Å². The van der Waals surface area contributed by atoms with Crippen molar-refractivity contribution in [2.45, 2.75) is 45.7 Å². The fraction of sp³-hybridized carbons (Fsp3) is 0.231. The Morgan fingerprint density at radius 1 is 1.08 bits per heavy atom. The van der Waals surface area contributed by atoms with Gasteiger partial charge in [-0.25, -0.2) is 14.7 Å². The number of amides is 1. The van der Waals surface area contributed by atoms with Crippen LogP contribution in [0.3, 0.4) is 0 Å². The predicted molar refractivity (Wildman–Crippen MR) is 140 cm³/mol. The summed E-state index contributed by atoms with van der Waals surface area (Å²) in [5, 5.41) is 3.97. The minimum Gasteiger partial charge on any atom is -0.438 e. The van der Waals surface area contributed by atoms with Crippen molar-refractivity contribution >= 4 is 21.7 Å². The van der Waals surface area contributed by atoms with E-state index in [2.05, 4.69) is 22.0 Å². The molecule has 1 amide bonds. The molecule has 0 aliphatic carbocycles. The maximum atomic E-state index is 13.2. The molecule has 0 saturated heterocycles. The number of sulfonamides is 1. The van der Waals surface area contributed by atoms with Gasteiger partial charge < -0.3 is 10.5 Å². The number of pyridine rings is 2. The molecule has 4 rings (SSSR count). The minimum absolute atomic E-state index is 0.0132. The Morgan fingerprint density at radius 3 is 2.49 bits per heavy atom. The van der Waals surface area contributed by atoms with E-state index in [1.165, 1.54) is 24.3 Å². The predicted octanol–water partition coefficient (Wildman–Crippen LogP) is 4.17. The maximum Gasteiger partial charge on any atom is 0.281 e. The molecule has 4 aromatic rings. The Bertz CT molecular complexity index is 1560. The highest BCUT2D eigenvalue weighted by atomic mass is 32.2. The van der Waals surface area contributed by atoms with Gasteiger partial charge in [0, 0.05) is 18.3 Å². The van der Waals surface area contributed by atoms with Gasteiger partial charge in [0.2, 0.25) is 5.88 Å². The molecule has 3 N–H and O–H groups in total. The molecule has 0 radical (unpaired) electrons. The van der Waals surface area contributed by atoms with Crippen molar-refractivity contribution in [3.05, 3.63) is 77.1 Å². The van der Waals surface area contributed by atoms with Crippen LogP contribution in [-0.2, 0) is 16.6 Å². The van der Waals surface area contributed by atoms with Crippen LogP contribution in [0.25, 0.3) is 11.3 Å². The molecule has 3 heterocycles. The molecule has 192 valence electrons. The molecular weight excluding hydrogens is 492 g/mol. The second kappa shape index (κ2) is 10.4. The van der Waals surface area contributed by atoms with Crippen molar-refractivity contribution in [3.8, 4) is 22.9 Å². The first-order chi connectivity index (χ1) is 17.6. The lowest BCUT2D eigenvalue weighted by molar-refractivity contribution is 0.0978. The average molecular weight is 521 g/mol. The Balaban J connectivity index is 1.75. The van der Waals surface area contributed by atoms with E-state index < -0.39 is 15.9 Å². The number of ether oxygens (including phenoxy) is 1. The molecule has 0 saturated carbocycles. The molecule has 11 heteroatoms. The summed E-state index contributed by atoms with van der Waals surface area (Å²) in [6, 6.07) is 11.1. The van der Waals surface area contributed by atoms with E-state index in [1.54, 1.807) is 16.9 Å². The summed E-state index contributed by atoms with van der Waals surface area (Å²) in [5.41, 5.74) is 9.58. The summed E-state index contributed by atoms with van der Waals surface area (Å²) < 4.78 is 35.6. The number of aryl methyl sites for hydroxylation is 4. The van der Waals surface area contributed by atoms with Crippen molar-refractivity contribution in [1.29, 1.82) is 0 Å². The van der Waals surface area contributed by atoms with Crippen LogP contribution >= 0.6 is 0 Å². The molecule has 3 aromatic heterocycles. The summed E-state index contributed by atoms with van der Waals surface area (Å²) in [7, 11) is -4.29. The fourth-order valence-corrected chi connectivity index (χ4v) is 4.88. The molecule has 0 spiro atoms. The van der Waals surface area contributed by atoms with Gasteiger partial charge in [-0.15, -0.1) is 0 Å². The lowest BCUT2D eigenvalue weighted by Gasteiger charge is -2.15. The van der Waals surface area contributed by atoms with E-state index in [1.807, 2.05) is 43.8 Å². The summed E-state index contributed by atoms with van der Waals surface area (Å²) >= 11 is 0. The molecular formula is C26H28N6O4S. The number of hydrogen-bond acceptors (Lipinski definition) is 8. The van der Waals surface area contributed by atoms with Crippen LogP contribution in [0.4, 0.5) is 5.82 Å². The van der Waals surface area contributed by atoms with Crippen LogP contribution in [0.1, 0.15) is 40.4 Å². The summed E-state index contributed by atoms with van der Waals surface area (Å²) in [5.74, 6) is -0.406. The molecule has 0 unspecified atom stereocenters. The van der Waals surface area contributed by atoms with Gasteiger partial charge in [-0.2, -0.15) is 13.5 Å². The van der Waals surface area contributed by atoms with Gasteiger partial charge in [-0.3, -0.25) is 9.48 Å². The zero-order valence-electron chi connectivity index (χ0n) is 21.0. The highest BCUT2D eigenvalue weighted by Gasteiger charge is 2.25. The van der Waals surface area contributed by atoms with Crippen molar-refractivity contribution in [2.75, 3.05) is 5.73 Å². The number of carbonyl (C=O) groups is 1. The molecule has 37 heavy (non-hydrogen) atoms. The summed E-state index contributed by atoms with van der Waals surface area (Å²) in [6.45, 7) is 8.57. The van der Waals surface area contributed by atoms with Gasteiger partial charge >= 0.3 is 0 Å². The highest BCUT2D eigenvalue weighted by molar-refractivity contribution is 7.90. The number of rotatable bonds is 8. The number of aromatic nitrogens is 4. The zero-order chi connectivity index (χ0) is 26.7. The van der Waals surface area contributed by atoms with Gasteiger partial charge in [-0.1, -0.05) is 30.7 Å². The SMILES string of the molecule is CCCn1cc(-c2ccc(C(=O)NS(=O)(=O)c3cccc(N)n3)c(Oc3c(C)cc(C)cc3C)n2)cn1. The lowest BCUT2D eigenvalue weighted by Crippen LogP contribution is -2.31. The molecule has 1 aromatic carbocycles. The fourth-order valence-electron chi connectivity index (χ4n) is 3.93. The number of nitrogens with zero attached hydrogens (tertiary/aromatic N) is 4. The topological polar surface area (TPSA) is 142 Å². The lowest BCUT2D eigenvalue weighted by atomic mass is 10.1. The second-order valence-corrected chi connectivity index (χ2v) is 10.3. The van der Waals surface area contributed by atoms with Crippen LogP contribution in [0, 0.1) is 20.8 Å². The third kappa shape index (κ3) is 5.78. The quantitative estimate of drug-likeness (QED) is 0.352. The number of hydrogen-bond donors (Lipinski definition) is 2. The second-order valence-electron chi connectivity index (χ2n) is 8.71. The normalized spacial score (nSPS) is 11.4. The zero-order valence-corrected chi connectivity index (χ0v) is 21.8. The minimum atomic E-state index is -4.29. The number of nitrogen functional groups attached to an aromatic ring is 1. The first-order valence-corrected chi connectivity index (χ1v) is 13.1. The van der Waals surface area contributed by atoms with Crippen molar-refractivity contribution < 1.29 is 17.9 Å². The van der Waals surface area contributed by atoms with Crippen LogP contribution in [0.15, 0.2) is 59.9 Å². The van der Waals surface area contributed by atoms with E-state index in [0.29, 0.717) is 11.4 Å². The number of nitrogens with two attached hydrogens (primary N) is 1. The maximum absolute atomic E-state index is 13.2. The smallest absolute Gasteiger partial charge is 0.281 e. The van der Waals surface area contributed by atoms with E-state index >= 15 is 0 Å². The third-order valence-electron chi connectivity index (χ3n) is 5.54. The summed E-state index contributed by atoms with van der Waals surface area (Å²) in [6.07, 6.45) is 4.46. The molecule has 0 bridgehead atoms. The van der Waals surface area contributed by atoms with Crippen molar-refractivity contribution in [3.63, 3.8) is 0 Å². The summed E-state index contributed by atoms with van der Waals surface area (Å²) in [4.78, 5) is 21.6. The molecule has 0 fully saturated rings. The molecule has 0 aliphatic rings. The van der Waals surface area contributed by atoms with Crippen molar-refractivity contribution in [2.24, 2.45) is 0 Å². The number of benzene rings is 1. The number of carbonyl (C=O) groups excluding carboxylic acids is 1. The van der Waals surface area contributed by atoms with Crippen molar-refractivity contribution in [1.82, 2.24) is 24.5 Å². The first-order valence-electron chi connectivity index (χ1n) is 11.7. The molecule has 10 nitrogen and oxygen atoms in total. The van der Waals surface area contributed by atoms with Gasteiger partial charge in [0.15, 0.2) is 5.03 Å². The van der Waals surface area contributed by atoms with Crippen LogP contribution < -0.4 is 15.2 Å². The third-order valence-corrected chi connectivity index (χ3v) is 6.77.